The van der Waals surface area contributed by atoms with Crippen LogP contribution in [0.4, 0.5) is 4.79 Å². The van der Waals surface area contributed by atoms with Gasteiger partial charge in [0.2, 0.25) is 0 Å². The normalized spacial score (nSPS) is 35.1. The van der Waals surface area contributed by atoms with Gasteiger partial charge in [0, 0.05) is 41.8 Å². The van der Waals surface area contributed by atoms with Crippen molar-refractivity contribution in [2.24, 2.45) is 22.7 Å². The van der Waals surface area contributed by atoms with E-state index in [1.807, 2.05) is 6.92 Å². The molecule has 2 saturated heterocycles. The third-order valence-corrected chi connectivity index (χ3v) is 13.5. The molecular weight excluding hydrogens is 708 g/mol. The number of aliphatic hydroxyl groups is 3. The second kappa shape index (κ2) is 14.4. The van der Waals surface area contributed by atoms with Gasteiger partial charge in [0.1, 0.15) is 11.7 Å². The Morgan fingerprint density at radius 2 is 1.60 bits per heavy atom. The van der Waals surface area contributed by atoms with Gasteiger partial charge in [-0.15, -0.1) is 0 Å². The highest BCUT2D eigenvalue weighted by Gasteiger charge is 2.72. The van der Waals surface area contributed by atoms with Crippen LogP contribution in [0.5, 0.6) is 0 Å². The van der Waals surface area contributed by atoms with Gasteiger partial charge in [0.05, 0.1) is 37.6 Å². The summed E-state index contributed by atoms with van der Waals surface area (Å²) in [6.07, 6.45) is -5.22. The molecule has 0 aromatic heterocycles. The van der Waals surface area contributed by atoms with Crippen molar-refractivity contribution >= 4 is 23.8 Å². The highest BCUT2D eigenvalue weighted by molar-refractivity contribution is 5.95. The Hall–Kier alpha value is -4.14. The van der Waals surface area contributed by atoms with Crippen molar-refractivity contribution in [2.45, 2.75) is 95.5 Å². The molecule has 296 valence electrons. The van der Waals surface area contributed by atoms with Crippen LogP contribution in [0.25, 0.3) is 0 Å². The quantitative estimate of drug-likeness (QED) is 0.240. The Balaban J connectivity index is 1.28. The molecule has 2 aliphatic heterocycles. The Bertz CT molecular complexity index is 1850. The molecule has 55 heavy (non-hydrogen) atoms. The topological polar surface area (TPSA) is 181 Å². The molecule has 13 heteroatoms. The standard InChI is InChI=1S/C42H52N2O11/c1-24-28(54-37(48)32(45)31(26-12-8-6-9-13-26)43-36(47)27-14-10-7-11-15-27)22-42(51)25(2)34-40(5,17-16-29-41(34,50)23-53-29)35(46)33(30(24)39(42,3)4)55-38(49)44-18-20-52-21-19-44/h6-15,25,28-29,31-34,45,50-51H,16-23H2,1-5H3,(H,43,47)/t25?,28?,29?,31?,32?,33?,34?,40-,41?,42?/m1/s1. The van der Waals surface area contributed by atoms with E-state index in [0.29, 0.717) is 48.3 Å². The van der Waals surface area contributed by atoms with E-state index in [1.54, 1.807) is 88.4 Å². The first kappa shape index (κ1) is 39.1. The van der Waals surface area contributed by atoms with Crippen molar-refractivity contribution in [1.82, 2.24) is 10.2 Å². The van der Waals surface area contributed by atoms with E-state index in [2.05, 4.69) is 5.32 Å². The monoisotopic (exact) mass is 760 g/mol. The molecule has 2 saturated carbocycles. The number of fused-ring (bicyclic) bond motifs is 5. The lowest BCUT2D eigenvalue weighted by Gasteiger charge is -2.66. The molecule has 5 aliphatic rings. The predicted molar refractivity (Wildman–Crippen MR) is 197 cm³/mol. The molecule has 0 radical (unpaired) electrons. The number of carbonyl (C=O) groups excluding carboxylic acids is 4. The number of nitrogens with zero attached hydrogens (tertiary/aromatic N) is 1. The van der Waals surface area contributed by atoms with Crippen LogP contribution in [0.2, 0.25) is 0 Å². The van der Waals surface area contributed by atoms with Gasteiger partial charge in [-0.2, -0.15) is 0 Å². The fourth-order valence-corrected chi connectivity index (χ4v) is 10.3. The SMILES string of the molecule is CC1=C2C(OC(=O)N3CCOCC3)C(=O)[C@]3(C)CCC4OCC4(O)C3C(C)C(O)(CC1OC(=O)C(O)C(NC(=O)c1ccccc1)c1ccccc1)C2(C)C. The summed E-state index contributed by atoms with van der Waals surface area (Å²) < 4.78 is 23.6. The van der Waals surface area contributed by atoms with Crippen LogP contribution in [0.1, 0.15) is 75.8 Å². The molecule has 0 spiro atoms. The number of benzene rings is 2. The molecule has 3 aliphatic carbocycles. The summed E-state index contributed by atoms with van der Waals surface area (Å²) >= 11 is 0. The lowest BCUT2D eigenvalue weighted by Crippen LogP contribution is -2.76. The van der Waals surface area contributed by atoms with Crippen molar-refractivity contribution in [2.75, 3.05) is 32.9 Å². The third kappa shape index (κ3) is 6.37. The van der Waals surface area contributed by atoms with Gasteiger partial charge in [-0.1, -0.05) is 76.2 Å². The lowest BCUT2D eigenvalue weighted by molar-refractivity contribution is -0.320. The number of hydrogen-bond acceptors (Lipinski definition) is 11. The highest BCUT2D eigenvalue weighted by Crippen LogP contribution is 2.64. The van der Waals surface area contributed by atoms with Gasteiger partial charge in [0.25, 0.3) is 5.91 Å². The number of nitrogens with one attached hydrogen (secondary N) is 1. The van der Waals surface area contributed by atoms with Crippen LogP contribution < -0.4 is 5.32 Å². The highest BCUT2D eigenvalue weighted by atomic mass is 16.6. The first-order valence-corrected chi connectivity index (χ1v) is 19.2. The summed E-state index contributed by atoms with van der Waals surface area (Å²) in [6.45, 7) is 9.98. The molecule has 2 amide bonds. The fraction of sp³-hybridized carbons (Fsp3) is 0.571. The number of ether oxygens (including phenoxy) is 4. The van der Waals surface area contributed by atoms with E-state index in [4.69, 9.17) is 18.9 Å². The van der Waals surface area contributed by atoms with E-state index in [-0.39, 0.29) is 26.1 Å². The maximum Gasteiger partial charge on any atom is 0.410 e. The number of aliphatic hydroxyl groups excluding tert-OH is 1. The summed E-state index contributed by atoms with van der Waals surface area (Å²) in [5.41, 5.74) is -4.15. The smallest absolute Gasteiger partial charge is 0.410 e. The first-order valence-electron chi connectivity index (χ1n) is 19.2. The van der Waals surface area contributed by atoms with Crippen molar-refractivity contribution < 1.29 is 53.4 Å². The maximum absolute atomic E-state index is 15.2. The van der Waals surface area contributed by atoms with Crippen molar-refractivity contribution in [3.63, 3.8) is 0 Å². The van der Waals surface area contributed by atoms with E-state index >= 15 is 4.79 Å². The molecule has 2 aromatic carbocycles. The molecule has 2 heterocycles. The summed E-state index contributed by atoms with van der Waals surface area (Å²) in [5.74, 6) is -3.56. The number of rotatable bonds is 7. The molecule has 13 nitrogen and oxygen atoms in total. The molecular formula is C42H52N2O11. The Kier molecular flexibility index (Phi) is 10.3. The van der Waals surface area contributed by atoms with Crippen LogP contribution >= 0.6 is 0 Å². The third-order valence-electron chi connectivity index (χ3n) is 13.5. The van der Waals surface area contributed by atoms with E-state index < -0.39 is 88.1 Å². The molecule has 2 bridgehead atoms. The molecule has 4 N–H and O–H groups in total. The van der Waals surface area contributed by atoms with E-state index in [1.165, 1.54) is 4.90 Å². The number of carbonyl (C=O) groups is 4. The van der Waals surface area contributed by atoms with E-state index in [9.17, 15) is 29.7 Å². The largest absolute Gasteiger partial charge is 0.456 e. The van der Waals surface area contributed by atoms with Gasteiger partial charge >= 0.3 is 12.1 Å². The Morgan fingerprint density at radius 1 is 0.964 bits per heavy atom. The number of esters is 1. The lowest BCUT2D eigenvalue weighted by atomic mass is 9.43. The second-order valence-electron chi connectivity index (χ2n) is 16.7. The zero-order chi connectivity index (χ0) is 39.5. The van der Waals surface area contributed by atoms with Crippen molar-refractivity contribution in [3.8, 4) is 0 Å². The van der Waals surface area contributed by atoms with Crippen LogP contribution in [0.15, 0.2) is 71.8 Å². The number of ketones is 1. The maximum atomic E-state index is 15.2. The van der Waals surface area contributed by atoms with Gasteiger partial charge in [-0.25, -0.2) is 9.59 Å². The van der Waals surface area contributed by atoms with Gasteiger partial charge in [-0.05, 0) is 54.5 Å². The summed E-state index contributed by atoms with van der Waals surface area (Å²) in [6, 6.07) is 15.7. The minimum Gasteiger partial charge on any atom is -0.456 e. The number of hydrogen-bond donors (Lipinski definition) is 4. The first-order chi connectivity index (χ1) is 26.0. The van der Waals surface area contributed by atoms with Crippen molar-refractivity contribution in [3.05, 3.63) is 82.9 Å². The number of Topliss-reactive ketones (excluding diaryl/α,β-unsaturated/α-hetero) is 1. The summed E-state index contributed by atoms with van der Waals surface area (Å²) in [7, 11) is 0. The fourth-order valence-electron chi connectivity index (χ4n) is 10.3. The van der Waals surface area contributed by atoms with Crippen LogP contribution in [0, 0.1) is 22.7 Å². The molecule has 2 aromatic rings. The van der Waals surface area contributed by atoms with Crippen molar-refractivity contribution in [1.29, 1.82) is 0 Å². The molecule has 9 unspecified atom stereocenters. The minimum absolute atomic E-state index is 0.0216. The average molecular weight is 761 g/mol. The van der Waals surface area contributed by atoms with Crippen LogP contribution in [0.3, 0.4) is 0 Å². The van der Waals surface area contributed by atoms with Gasteiger partial charge in [-0.3, -0.25) is 9.59 Å². The van der Waals surface area contributed by atoms with Crippen LogP contribution in [-0.2, 0) is 28.5 Å². The number of morpholine rings is 1. The average Bonchev–Trinajstić information content (AvgIpc) is 3.17. The molecule has 10 atom stereocenters. The Labute approximate surface area is 321 Å². The summed E-state index contributed by atoms with van der Waals surface area (Å²) in [4.78, 5) is 57.9. The zero-order valence-electron chi connectivity index (χ0n) is 32.0. The second-order valence-corrected chi connectivity index (χ2v) is 16.7. The number of amides is 2. The minimum atomic E-state index is -1.88. The predicted octanol–water partition coefficient (Wildman–Crippen LogP) is 3.51. The molecule has 7 rings (SSSR count). The van der Waals surface area contributed by atoms with E-state index in [0.717, 1.165) is 0 Å². The van der Waals surface area contributed by atoms with Crippen LogP contribution in [-0.4, -0.2) is 113 Å². The molecule has 4 fully saturated rings. The summed E-state index contributed by atoms with van der Waals surface area (Å²) in [5, 5.41) is 39.8. The van der Waals surface area contributed by atoms with Gasteiger partial charge in [0.15, 0.2) is 18.0 Å². The zero-order valence-corrected chi connectivity index (χ0v) is 32.0. The Morgan fingerprint density at radius 3 is 2.22 bits per heavy atom. The van der Waals surface area contributed by atoms with Gasteiger partial charge < -0.3 is 44.5 Å².